The number of aliphatic carboxylic acids is 1. The summed E-state index contributed by atoms with van der Waals surface area (Å²) < 4.78 is 14.6. The van der Waals surface area contributed by atoms with Crippen molar-refractivity contribution >= 4 is 34.5 Å². The molecule has 0 saturated carbocycles. The number of benzene rings is 2. The number of fused-ring (bicyclic) bond motifs is 1. The first-order valence-corrected chi connectivity index (χ1v) is 8.06. The summed E-state index contributed by atoms with van der Waals surface area (Å²) in [7, 11) is 2.99. The van der Waals surface area contributed by atoms with E-state index >= 15 is 0 Å². The fourth-order valence-electron chi connectivity index (χ4n) is 2.36. The Labute approximate surface area is 164 Å². The van der Waals surface area contributed by atoms with E-state index in [0.29, 0.717) is 33.7 Å². The Bertz CT molecular complexity index is 1080. The lowest BCUT2D eigenvalue weighted by atomic mass is 10.1. The highest BCUT2D eigenvalue weighted by Gasteiger charge is 2.14. The quantitative estimate of drug-likeness (QED) is 0.280. The third-order valence-electron chi connectivity index (χ3n) is 3.75. The number of aryl methyl sites for hydroxylation is 1. The zero-order chi connectivity index (χ0) is 21.6. The van der Waals surface area contributed by atoms with Crippen LogP contribution < -0.4 is 15.2 Å². The number of methoxy groups -OCH3 is 2. The molecule has 0 aliphatic carbocycles. The van der Waals surface area contributed by atoms with E-state index in [1.54, 1.807) is 19.1 Å². The molecule has 0 spiro atoms. The van der Waals surface area contributed by atoms with Crippen LogP contribution in [-0.4, -0.2) is 40.5 Å². The summed E-state index contributed by atoms with van der Waals surface area (Å²) in [5.41, 5.74) is 7.89. The SMILES string of the molecule is COc1cc(N)c([N+](=O)[O-])cc1C.COc1cc2nonc2cc1C=CC(=O)O. The zero-order valence-corrected chi connectivity index (χ0v) is 15.8. The Hall–Kier alpha value is -4.15. The Morgan fingerprint density at radius 1 is 1.17 bits per heavy atom. The van der Waals surface area contributed by atoms with Gasteiger partial charge in [-0.15, -0.1) is 0 Å². The first-order chi connectivity index (χ1) is 13.8. The average Bonchev–Trinajstić information content (AvgIpc) is 3.14. The van der Waals surface area contributed by atoms with Crippen LogP contribution in [0.4, 0.5) is 11.4 Å². The number of rotatable bonds is 5. The van der Waals surface area contributed by atoms with Crippen LogP contribution in [0.15, 0.2) is 35.0 Å². The standard InChI is InChI=1S/C10H8N2O4.C8H10N2O3/c1-15-9-5-8-7(11-16-12-8)4-6(9)2-3-10(13)14;1-5-3-7(10(11)12)6(9)4-8(5)13-2/h2-5H,1H3,(H,13,14);3-4H,9H2,1-2H3. The van der Waals surface area contributed by atoms with Gasteiger partial charge in [-0.3, -0.25) is 10.1 Å². The molecular formula is C18H18N4O7. The summed E-state index contributed by atoms with van der Waals surface area (Å²) in [4.78, 5) is 20.4. The molecule has 29 heavy (non-hydrogen) atoms. The maximum atomic E-state index is 10.5. The number of carboxylic acid groups (broad SMARTS) is 1. The van der Waals surface area contributed by atoms with Crippen molar-refractivity contribution in [3.05, 3.63) is 51.6 Å². The molecule has 1 heterocycles. The zero-order valence-electron chi connectivity index (χ0n) is 15.8. The van der Waals surface area contributed by atoms with Crippen molar-refractivity contribution in [2.45, 2.75) is 6.92 Å². The smallest absolute Gasteiger partial charge is 0.328 e. The fraction of sp³-hybridized carbons (Fsp3) is 0.167. The largest absolute Gasteiger partial charge is 0.496 e. The van der Waals surface area contributed by atoms with Crippen LogP contribution in [0.1, 0.15) is 11.1 Å². The molecule has 1 aromatic heterocycles. The van der Waals surface area contributed by atoms with Crippen LogP contribution >= 0.6 is 0 Å². The van der Waals surface area contributed by atoms with Gasteiger partial charge in [-0.1, -0.05) is 0 Å². The Balaban J connectivity index is 0.000000212. The number of hydrogen-bond donors (Lipinski definition) is 2. The van der Waals surface area contributed by atoms with Crippen LogP contribution in [0.3, 0.4) is 0 Å². The van der Waals surface area contributed by atoms with E-state index in [2.05, 4.69) is 14.9 Å². The van der Waals surface area contributed by atoms with E-state index in [1.165, 1.54) is 32.4 Å². The van der Waals surface area contributed by atoms with Crippen LogP contribution in [0.25, 0.3) is 17.1 Å². The van der Waals surface area contributed by atoms with Crippen LogP contribution in [0.2, 0.25) is 0 Å². The maximum absolute atomic E-state index is 10.5. The van der Waals surface area contributed by atoms with Gasteiger partial charge in [0.2, 0.25) is 0 Å². The molecule has 0 atom stereocenters. The van der Waals surface area contributed by atoms with Crippen molar-refractivity contribution in [1.29, 1.82) is 0 Å². The number of nitrogens with two attached hydrogens (primary N) is 1. The summed E-state index contributed by atoms with van der Waals surface area (Å²) >= 11 is 0. The molecular weight excluding hydrogens is 384 g/mol. The number of nitro groups is 1. The fourth-order valence-corrected chi connectivity index (χ4v) is 2.36. The van der Waals surface area contributed by atoms with Gasteiger partial charge in [0, 0.05) is 29.8 Å². The lowest BCUT2D eigenvalue weighted by Gasteiger charge is -2.05. The second-order valence-electron chi connectivity index (χ2n) is 5.66. The summed E-state index contributed by atoms with van der Waals surface area (Å²) in [6, 6.07) is 6.12. The minimum absolute atomic E-state index is 0.0849. The molecule has 2 aromatic carbocycles. The van der Waals surface area contributed by atoms with Gasteiger partial charge in [0.05, 0.1) is 19.1 Å². The van der Waals surface area contributed by atoms with Crippen molar-refractivity contribution in [2.75, 3.05) is 20.0 Å². The highest BCUT2D eigenvalue weighted by molar-refractivity contribution is 5.88. The third-order valence-corrected chi connectivity index (χ3v) is 3.75. The molecule has 0 unspecified atom stereocenters. The number of nitro benzene ring substituents is 1. The van der Waals surface area contributed by atoms with Gasteiger partial charge < -0.3 is 20.3 Å². The molecule has 0 saturated heterocycles. The monoisotopic (exact) mass is 402 g/mol. The van der Waals surface area contributed by atoms with E-state index in [1.807, 2.05) is 0 Å². The van der Waals surface area contributed by atoms with Crippen LogP contribution in [0, 0.1) is 17.0 Å². The van der Waals surface area contributed by atoms with Crippen molar-refractivity contribution in [1.82, 2.24) is 10.3 Å². The predicted octanol–water partition coefficient (Wildman–Crippen LogP) is 2.82. The van der Waals surface area contributed by atoms with Gasteiger partial charge in [0.25, 0.3) is 5.69 Å². The second kappa shape index (κ2) is 9.17. The lowest BCUT2D eigenvalue weighted by molar-refractivity contribution is -0.384. The minimum Gasteiger partial charge on any atom is -0.496 e. The van der Waals surface area contributed by atoms with Gasteiger partial charge in [0.1, 0.15) is 28.2 Å². The van der Waals surface area contributed by atoms with Crippen molar-refractivity contribution < 1.29 is 28.9 Å². The van der Waals surface area contributed by atoms with E-state index < -0.39 is 10.9 Å². The van der Waals surface area contributed by atoms with Gasteiger partial charge >= 0.3 is 5.97 Å². The normalized spacial score (nSPS) is 10.4. The summed E-state index contributed by atoms with van der Waals surface area (Å²) in [5.74, 6) is 0.0456. The van der Waals surface area contributed by atoms with Gasteiger partial charge in [-0.2, -0.15) is 0 Å². The highest BCUT2D eigenvalue weighted by Crippen LogP contribution is 2.29. The molecule has 152 valence electrons. The first kappa shape index (κ1) is 21.2. The summed E-state index contributed by atoms with van der Waals surface area (Å²) in [5, 5.41) is 26.3. The number of carbonyl (C=O) groups is 1. The molecule has 0 fully saturated rings. The number of nitrogen functional groups attached to an aromatic ring is 1. The number of anilines is 1. The number of hydrogen-bond acceptors (Lipinski definition) is 9. The molecule has 0 aliphatic heterocycles. The van der Waals surface area contributed by atoms with E-state index in [-0.39, 0.29) is 11.4 Å². The van der Waals surface area contributed by atoms with Gasteiger partial charge in [-0.05, 0) is 34.9 Å². The van der Waals surface area contributed by atoms with E-state index in [9.17, 15) is 14.9 Å². The maximum Gasteiger partial charge on any atom is 0.328 e. The Morgan fingerprint density at radius 2 is 1.79 bits per heavy atom. The van der Waals surface area contributed by atoms with Crippen LogP contribution in [-0.2, 0) is 4.79 Å². The molecule has 0 bridgehead atoms. The van der Waals surface area contributed by atoms with E-state index in [4.69, 9.17) is 20.3 Å². The number of aromatic nitrogens is 2. The minimum atomic E-state index is -1.03. The van der Waals surface area contributed by atoms with Crippen molar-refractivity contribution in [3.63, 3.8) is 0 Å². The number of ether oxygens (including phenoxy) is 2. The average molecular weight is 402 g/mol. The molecule has 3 rings (SSSR count). The van der Waals surface area contributed by atoms with Crippen molar-refractivity contribution in [3.8, 4) is 11.5 Å². The van der Waals surface area contributed by atoms with E-state index in [0.717, 1.165) is 6.08 Å². The summed E-state index contributed by atoms with van der Waals surface area (Å²) in [6.45, 7) is 1.73. The van der Waals surface area contributed by atoms with Gasteiger partial charge in [0.15, 0.2) is 0 Å². The number of carboxylic acids is 1. The molecule has 3 aromatic rings. The molecule has 0 amide bonds. The number of nitrogens with zero attached hydrogens (tertiary/aromatic N) is 3. The van der Waals surface area contributed by atoms with Crippen molar-refractivity contribution in [2.24, 2.45) is 0 Å². The predicted molar refractivity (Wildman–Crippen MR) is 104 cm³/mol. The molecule has 0 radical (unpaired) electrons. The first-order valence-electron chi connectivity index (χ1n) is 8.06. The van der Waals surface area contributed by atoms with Crippen LogP contribution in [0.5, 0.6) is 11.5 Å². The molecule has 0 aliphatic rings. The third kappa shape index (κ3) is 5.19. The lowest BCUT2D eigenvalue weighted by Crippen LogP contribution is -1.98. The molecule has 3 N–H and O–H groups in total. The molecule has 11 heteroatoms. The second-order valence-corrected chi connectivity index (χ2v) is 5.66. The van der Waals surface area contributed by atoms with Gasteiger partial charge in [-0.25, -0.2) is 9.42 Å². The summed E-state index contributed by atoms with van der Waals surface area (Å²) in [6.07, 6.45) is 2.45. The Morgan fingerprint density at radius 3 is 2.34 bits per heavy atom. The molecule has 11 nitrogen and oxygen atoms in total. The Kier molecular flexibility index (Phi) is 6.69. The topological polar surface area (TPSA) is 164 Å². The highest BCUT2D eigenvalue weighted by atomic mass is 16.6.